The quantitative estimate of drug-likeness (QED) is 0.893. The molecule has 118 valence electrons. The Balaban J connectivity index is 1.26. The lowest BCUT2D eigenvalue weighted by atomic mass is 10.1. The molecule has 0 aliphatic heterocycles. The van der Waals surface area contributed by atoms with E-state index in [0.717, 1.165) is 18.4 Å². The molecule has 4 unspecified atom stereocenters. The van der Waals surface area contributed by atoms with E-state index in [0.29, 0.717) is 24.3 Å². The molecule has 1 amide bonds. The summed E-state index contributed by atoms with van der Waals surface area (Å²) in [6, 6.07) is 17.1. The van der Waals surface area contributed by atoms with Crippen LogP contribution in [-0.4, -0.2) is 12.5 Å². The first-order valence-corrected chi connectivity index (χ1v) is 8.30. The number of hydrogen-bond acceptors (Lipinski definition) is 1. The summed E-state index contributed by atoms with van der Waals surface area (Å²) in [4.78, 5) is 12.2. The molecule has 2 aromatic carbocycles. The van der Waals surface area contributed by atoms with Crippen molar-refractivity contribution in [2.75, 3.05) is 6.54 Å². The molecule has 3 heteroatoms. The van der Waals surface area contributed by atoms with Gasteiger partial charge < -0.3 is 5.32 Å². The van der Waals surface area contributed by atoms with Crippen LogP contribution in [0.3, 0.4) is 0 Å². The Labute approximate surface area is 135 Å². The minimum absolute atomic E-state index is 0.128. The van der Waals surface area contributed by atoms with Gasteiger partial charge in [-0.05, 0) is 53.9 Å². The summed E-state index contributed by atoms with van der Waals surface area (Å²) < 4.78 is 13.2. The Morgan fingerprint density at radius 2 is 1.78 bits per heavy atom. The molecule has 2 nitrogen and oxygen atoms in total. The summed E-state index contributed by atoms with van der Waals surface area (Å²) >= 11 is 0. The molecule has 4 atom stereocenters. The largest absolute Gasteiger partial charge is 0.356 e. The summed E-state index contributed by atoms with van der Waals surface area (Å²) in [5, 5.41) is 3.09. The van der Waals surface area contributed by atoms with Crippen molar-refractivity contribution in [2.24, 2.45) is 11.8 Å². The van der Waals surface area contributed by atoms with E-state index in [9.17, 15) is 9.18 Å². The second-order valence-electron chi connectivity index (χ2n) is 6.76. The van der Waals surface area contributed by atoms with Gasteiger partial charge in [0.1, 0.15) is 5.82 Å². The van der Waals surface area contributed by atoms with Gasteiger partial charge in [-0.3, -0.25) is 4.79 Å². The molecule has 0 radical (unpaired) electrons. The van der Waals surface area contributed by atoms with Gasteiger partial charge >= 0.3 is 0 Å². The number of benzene rings is 2. The van der Waals surface area contributed by atoms with Gasteiger partial charge in [-0.15, -0.1) is 0 Å². The van der Waals surface area contributed by atoms with E-state index in [-0.39, 0.29) is 17.6 Å². The monoisotopic (exact) mass is 309 g/mol. The Morgan fingerprint density at radius 1 is 1.00 bits per heavy atom. The molecule has 0 spiro atoms. The molecule has 0 saturated heterocycles. The van der Waals surface area contributed by atoms with E-state index < -0.39 is 0 Å². The number of nitrogens with one attached hydrogen (secondary N) is 1. The van der Waals surface area contributed by atoms with Crippen LogP contribution in [0.15, 0.2) is 54.6 Å². The average Bonchev–Trinajstić information content (AvgIpc) is 3.47. The number of carbonyl (C=O) groups excluding carboxylic acids is 1. The van der Waals surface area contributed by atoms with Crippen LogP contribution in [0.5, 0.6) is 0 Å². The zero-order valence-electron chi connectivity index (χ0n) is 12.9. The van der Waals surface area contributed by atoms with E-state index in [1.54, 1.807) is 12.1 Å². The second kappa shape index (κ2) is 5.80. The first-order valence-electron chi connectivity index (χ1n) is 8.30. The minimum atomic E-state index is -0.180. The van der Waals surface area contributed by atoms with Gasteiger partial charge in [0.25, 0.3) is 0 Å². The van der Waals surface area contributed by atoms with Gasteiger partial charge in [-0.25, -0.2) is 4.39 Å². The molecule has 2 aliphatic rings. The first-order chi connectivity index (χ1) is 11.2. The van der Waals surface area contributed by atoms with E-state index in [1.807, 2.05) is 24.3 Å². The molecule has 2 saturated carbocycles. The van der Waals surface area contributed by atoms with Crippen molar-refractivity contribution in [1.82, 2.24) is 5.32 Å². The van der Waals surface area contributed by atoms with E-state index in [2.05, 4.69) is 17.4 Å². The van der Waals surface area contributed by atoms with Crippen molar-refractivity contribution >= 4 is 5.91 Å². The maximum absolute atomic E-state index is 13.2. The zero-order valence-corrected chi connectivity index (χ0v) is 12.9. The Hall–Kier alpha value is -2.16. The van der Waals surface area contributed by atoms with E-state index in [4.69, 9.17) is 0 Å². The number of carbonyl (C=O) groups is 1. The van der Waals surface area contributed by atoms with Crippen LogP contribution < -0.4 is 5.32 Å². The maximum Gasteiger partial charge on any atom is 0.223 e. The molecule has 2 aliphatic carbocycles. The molecule has 0 bridgehead atoms. The Morgan fingerprint density at radius 3 is 2.57 bits per heavy atom. The SMILES string of the molecule is O=C(NCC1CC1c1cccc(F)c1)C1CC1c1ccccc1. The van der Waals surface area contributed by atoms with Crippen LogP contribution in [0.1, 0.15) is 35.8 Å². The summed E-state index contributed by atoms with van der Waals surface area (Å²) in [5.74, 6) is 1.35. The fourth-order valence-electron chi connectivity index (χ4n) is 3.53. The molecular weight excluding hydrogens is 289 g/mol. The lowest BCUT2D eigenvalue weighted by Crippen LogP contribution is -2.27. The third kappa shape index (κ3) is 3.14. The standard InChI is InChI=1S/C20H20FNO/c21-16-8-4-7-14(9-16)17-10-15(17)12-22-20(23)19-11-18(19)13-5-2-1-3-6-13/h1-9,15,17-19H,10-12H2,(H,22,23). The van der Waals surface area contributed by atoms with Crippen LogP contribution in [0.2, 0.25) is 0 Å². The van der Waals surface area contributed by atoms with Crippen LogP contribution in [0, 0.1) is 17.7 Å². The number of halogens is 1. The topological polar surface area (TPSA) is 29.1 Å². The third-order valence-electron chi connectivity index (χ3n) is 5.09. The number of amides is 1. The molecule has 0 aromatic heterocycles. The van der Waals surface area contributed by atoms with Gasteiger partial charge in [0.05, 0.1) is 0 Å². The van der Waals surface area contributed by atoms with Crippen molar-refractivity contribution in [3.05, 3.63) is 71.5 Å². The number of hydrogen-bond donors (Lipinski definition) is 1. The minimum Gasteiger partial charge on any atom is -0.356 e. The summed E-state index contributed by atoms with van der Waals surface area (Å²) in [5.41, 5.74) is 2.31. The van der Waals surface area contributed by atoms with E-state index >= 15 is 0 Å². The van der Waals surface area contributed by atoms with Crippen LogP contribution in [0.4, 0.5) is 4.39 Å². The lowest BCUT2D eigenvalue weighted by molar-refractivity contribution is -0.122. The highest BCUT2D eigenvalue weighted by atomic mass is 19.1. The van der Waals surface area contributed by atoms with Crippen LogP contribution in [-0.2, 0) is 4.79 Å². The zero-order chi connectivity index (χ0) is 15.8. The van der Waals surface area contributed by atoms with Gasteiger partial charge in [0, 0.05) is 12.5 Å². The van der Waals surface area contributed by atoms with Gasteiger partial charge in [-0.1, -0.05) is 42.5 Å². The normalized spacial score (nSPS) is 28.2. The van der Waals surface area contributed by atoms with Crippen molar-refractivity contribution in [3.8, 4) is 0 Å². The fraction of sp³-hybridized carbons (Fsp3) is 0.350. The summed E-state index contributed by atoms with van der Waals surface area (Å²) in [6.45, 7) is 0.706. The molecule has 0 heterocycles. The highest BCUT2D eigenvalue weighted by molar-refractivity contribution is 5.82. The predicted octanol–water partition coefficient (Wildman–Crippen LogP) is 3.85. The van der Waals surface area contributed by atoms with Crippen molar-refractivity contribution in [2.45, 2.75) is 24.7 Å². The first kappa shape index (κ1) is 14.4. The molecule has 2 aromatic rings. The van der Waals surface area contributed by atoms with Crippen LogP contribution in [0.25, 0.3) is 0 Å². The smallest absolute Gasteiger partial charge is 0.223 e. The highest BCUT2D eigenvalue weighted by Gasteiger charge is 2.45. The Kier molecular flexibility index (Phi) is 3.64. The Bertz CT molecular complexity index is 715. The van der Waals surface area contributed by atoms with Gasteiger partial charge in [-0.2, -0.15) is 0 Å². The highest BCUT2D eigenvalue weighted by Crippen LogP contribution is 2.49. The molecular formula is C20H20FNO. The molecule has 2 fully saturated rings. The molecule has 23 heavy (non-hydrogen) atoms. The maximum atomic E-state index is 13.2. The number of rotatable bonds is 5. The second-order valence-corrected chi connectivity index (χ2v) is 6.76. The average molecular weight is 309 g/mol. The van der Waals surface area contributed by atoms with E-state index in [1.165, 1.54) is 11.6 Å². The van der Waals surface area contributed by atoms with Crippen molar-refractivity contribution in [1.29, 1.82) is 0 Å². The van der Waals surface area contributed by atoms with Gasteiger partial charge in [0.2, 0.25) is 5.91 Å². The lowest BCUT2D eigenvalue weighted by Gasteiger charge is -2.05. The van der Waals surface area contributed by atoms with Crippen molar-refractivity contribution in [3.63, 3.8) is 0 Å². The van der Waals surface area contributed by atoms with Crippen molar-refractivity contribution < 1.29 is 9.18 Å². The van der Waals surface area contributed by atoms with Crippen LogP contribution >= 0.6 is 0 Å². The molecule has 4 rings (SSSR count). The summed E-state index contributed by atoms with van der Waals surface area (Å²) in [7, 11) is 0. The fourth-order valence-corrected chi connectivity index (χ4v) is 3.53. The van der Waals surface area contributed by atoms with Gasteiger partial charge in [0.15, 0.2) is 0 Å². The molecule has 1 N–H and O–H groups in total. The summed E-state index contributed by atoms with van der Waals surface area (Å²) in [6.07, 6.45) is 1.99. The predicted molar refractivity (Wildman–Crippen MR) is 87.5 cm³/mol. The third-order valence-corrected chi connectivity index (χ3v) is 5.09.